The number of para-hydroxylation sites is 1. The molecule has 0 saturated heterocycles. The summed E-state index contributed by atoms with van der Waals surface area (Å²) in [5, 5.41) is 5.46. The number of rotatable bonds is 9. The molecule has 6 rings (SSSR count). The van der Waals surface area contributed by atoms with Crippen molar-refractivity contribution in [3.8, 4) is 22.9 Å². The van der Waals surface area contributed by atoms with E-state index in [1.807, 2.05) is 6.92 Å². The van der Waals surface area contributed by atoms with Gasteiger partial charge in [-0.05, 0) is 85.8 Å². The van der Waals surface area contributed by atoms with Gasteiger partial charge in [0.1, 0.15) is 11.6 Å². The van der Waals surface area contributed by atoms with Crippen molar-refractivity contribution in [1.29, 1.82) is 0 Å². The van der Waals surface area contributed by atoms with E-state index in [0.29, 0.717) is 33.3 Å². The number of aromatic amines is 1. The Balaban J connectivity index is 1.26. The van der Waals surface area contributed by atoms with Gasteiger partial charge in [-0.15, -0.1) is 0 Å². The number of nitrogens with zero attached hydrogens (tertiary/aromatic N) is 2. The van der Waals surface area contributed by atoms with Crippen molar-refractivity contribution in [2.75, 3.05) is 10.5 Å². The van der Waals surface area contributed by atoms with E-state index in [1.165, 1.54) is 35.0 Å². The van der Waals surface area contributed by atoms with Crippen LogP contribution in [0.3, 0.4) is 0 Å². The zero-order valence-corrected chi connectivity index (χ0v) is 21.5. The number of fused-ring (bicyclic) bond motifs is 1. The minimum atomic E-state index is -0.464. The van der Waals surface area contributed by atoms with Crippen LogP contribution in [-0.4, -0.2) is 25.8 Å². The Labute approximate surface area is 226 Å². The predicted octanol–water partition coefficient (Wildman–Crippen LogP) is 6.89. The van der Waals surface area contributed by atoms with Gasteiger partial charge >= 0.3 is 0 Å². The van der Waals surface area contributed by atoms with E-state index in [4.69, 9.17) is 10.5 Å². The zero-order valence-electron chi connectivity index (χ0n) is 20.7. The average molecular weight is 548 g/mol. The molecule has 2 heterocycles. The number of aromatic nitrogens is 3. The van der Waals surface area contributed by atoms with Crippen LogP contribution in [0.25, 0.3) is 16.6 Å². The number of carbonyl (C=O) groups is 1. The molecule has 4 N–H and O–H groups in total. The van der Waals surface area contributed by atoms with Crippen LogP contribution >= 0.6 is 11.9 Å². The molecule has 0 amide bonds. The van der Waals surface area contributed by atoms with Crippen LogP contribution in [0.1, 0.15) is 34.5 Å². The third-order valence-corrected chi connectivity index (χ3v) is 7.56. The number of hydrogen-bond acceptors (Lipinski definition) is 7. The number of nitrogen functional groups attached to an aromatic ring is 1. The van der Waals surface area contributed by atoms with E-state index >= 15 is 0 Å². The molecule has 0 radical (unpaired) electrons. The van der Waals surface area contributed by atoms with Crippen LogP contribution in [0.15, 0.2) is 66.9 Å². The smallest absolute Gasteiger partial charge is 0.214 e. The lowest BCUT2D eigenvalue weighted by atomic mass is 10.1. The van der Waals surface area contributed by atoms with E-state index < -0.39 is 5.82 Å². The van der Waals surface area contributed by atoms with Gasteiger partial charge in [0.25, 0.3) is 0 Å². The number of hydrogen-bond donors (Lipinski definition) is 3. The average Bonchev–Trinajstić information content (AvgIpc) is 3.55. The summed E-state index contributed by atoms with van der Waals surface area (Å²) in [5.41, 5.74) is 9.36. The van der Waals surface area contributed by atoms with Crippen molar-refractivity contribution >= 4 is 40.1 Å². The van der Waals surface area contributed by atoms with Crippen LogP contribution < -0.4 is 20.1 Å². The highest BCUT2D eigenvalue weighted by molar-refractivity contribution is 8.01. The number of anilines is 2. The summed E-state index contributed by atoms with van der Waals surface area (Å²) in [7, 11) is 0. The fourth-order valence-corrected chi connectivity index (χ4v) is 5.04. The maximum atomic E-state index is 14.0. The molecule has 1 aliphatic rings. The molecule has 0 atom stereocenters. The molecule has 0 unspecified atom stereocenters. The van der Waals surface area contributed by atoms with Crippen molar-refractivity contribution in [1.82, 2.24) is 14.8 Å². The van der Waals surface area contributed by atoms with Crippen LogP contribution in [0, 0.1) is 12.7 Å². The first kappa shape index (κ1) is 24.8. The van der Waals surface area contributed by atoms with Gasteiger partial charge in [0.15, 0.2) is 17.3 Å². The SMILES string of the molecule is Cc1cc(Oc2ccccc2F)ccc1-n1ncc(C(=O)c2cc3cc(OF)c(NSC4CC4)cc3[nH]2)c1N. The number of carbonyl (C=O) groups excluding carboxylic acids is 1. The highest BCUT2D eigenvalue weighted by atomic mass is 32.2. The van der Waals surface area contributed by atoms with Crippen molar-refractivity contribution in [3.63, 3.8) is 0 Å². The van der Waals surface area contributed by atoms with E-state index in [2.05, 4.69) is 19.7 Å². The highest BCUT2D eigenvalue weighted by Crippen LogP contribution is 2.39. The Hall–Kier alpha value is -4.51. The van der Waals surface area contributed by atoms with Gasteiger partial charge < -0.3 is 20.2 Å². The number of ether oxygens (including phenoxy) is 1. The van der Waals surface area contributed by atoms with Gasteiger partial charge in [-0.2, -0.15) is 5.10 Å². The number of aryl methyl sites for hydroxylation is 1. The number of nitrogens with one attached hydrogen (secondary N) is 2. The Morgan fingerprint density at radius 2 is 1.97 bits per heavy atom. The quantitative estimate of drug-likeness (QED) is 0.136. The summed E-state index contributed by atoms with van der Waals surface area (Å²) in [5.74, 6) is -0.0726. The number of halogens is 2. The number of ketones is 1. The van der Waals surface area contributed by atoms with Crippen molar-refractivity contribution in [3.05, 3.63) is 89.5 Å². The molecule has 0 spiro atoms. The molecule has 3 aromatic carbocycles. The molecule has 5 aromatic rings. The molecule has 1 fully saturated rings. The third kappa shape index (κ3) is 4.88. The second-order valence-electron chi connectivity index (χ2n) is 9.28. The van der Waals surface area contributed by atoms with E-state index in [1.54, 1.807) is 48.5 Å². The predicted molar refractivity (Wildman–Crippen MR) is 147 cm³/mol. The maximum absolute atomic E-state index is 14.0. The summed E-state index contributed by atoms with van der Waals surface area (Å²) in [6.07, 6.45) is 3.64. The van der Waals surface area contributed by atoms with Gasteiger partial charge in [0.05, 0.1) is 28.8 Å². The van der Waals surface area contributed by atoms with Gasteiger partial charge in [0, 0.05) is 20.7 Å². The fraction of sp³-hybridized carbons (Fsp3) is 0.143. The minimum absolute atomic E-state index is 0.0406. The first-order valence-electron chi connectivity index (χ1n) is 12.2. The molecule has 198 valence electrons. The second kappa shape index (κ2) is 9.99. The molecule has 8 nitrogen and oxygen atoms in total. The first-order chi connectivity index (χ1) is 18.9. The standard InChI is InChI=1S/C28H23F2N5O3S/c1-15-10-17(37-25-5-3-2-4-20(25)29)6-9-24(15)35-28(31)19(14-32-35)27(36)23-11-16-12-26(38-30)22(13-21(16)33-23)34-39-18-7-8-18/h2-6,9-14,18,33-34H,7-8,31H2,1H3. The lowest BCUT2D eigenvalue weighted by Crippen LogP contribution is -2.08. The minimum Gasteiger partial charge on any atom is -0.454 e. The van der Waals surface area contributed by atoms with E-state index in [0.717, 1.165) is 18.4 Å². The van der Waals surface area contributed by atoms with E-state index in [-0.39, 0.29) is 34.4 Å². The Bertz CT molecular complexity index is 1710. The summed E-state index contributed by atoms with van der Waals surface area (Å²) >= 11 is 1.52. The third-order valence-electron chi connectivity index (χ3n) is 6.42. The number of H-pyrrole nitrogens is 1. The van der Waals surface area contributed by atoms with Crippen molar-refractivity contribution in [2.45, 2.75) is 25.0 Å². The first-order valence-corrected chi connectivity index (χ1v) is 13.1. The second-order valence-corrected chi connectivity index (χ2v) is 10.4. The largest absolute Gasteiger partial charge is 0.454 e. The van der Waals surface area contributed by atoms with Crippen LogP contribution in [-0.2, 0) is 0 Å². The molecule has 1 aliphatic carbocycles. The molecule has 11 heteroatoms. The van der Waals surface area contributed by atoms with Crippen LogP contribution in [0.5, 0.6) is 17.2 Å². The maximum Gasteiger partial charge on any atom is 0.214 e. The van der Waals surface area contributed by atoms with Crippen LogP contribution in [0.4, 0.5) is 20.4 Å². The monoisotopic (exact) mass is 547 g/mol. The Morgan fingerprint density at radius 1 is 1.15 bits per heavy atom. The summed E-state index contributed by atoms with van der Waals surface area (Å²) in [4.78, 5) is 20.5. The zero-order chi connectivity index (χ0) is 27.1. The Morgan fingerprint density at radius 3 is 2.72 bits per heavy atom. The normalized spacial score (nSPS) is 13.0. The highest BCUT2D eigenvalue weighted by Gasteiger charge is 2.24. The Kier molecular flexibility index (Phi) is 6.35. The molecule has 39 heavy (non-hydrogen) atoms. The topological polar surface area (TPSA) is 107 Å². The lowest BCUT2D eigenvalue weighted by molar-refractivity contribution is -0.00504. The number of nitrogens with two attached hydrogens (primary N) is 1. The molecule has 2 aromatic heterocycles. The van der Waals surface area contributed by atoms with Crippen LogP contribution in [0.2, 0.25) is 0 Å². The van der Waals surface area contributed by atoms with Crippen molar-refractivity contribution < 1.29 is 23.4 Å². The molecule has 0 bridgehead atoms. The number of benzene rings is 3. The lowest BCUT2D eigenvalue weighted by Gasteiger charge is -2.12. The summed E-state index contributed by atoms with van der Waals surface area (Å²) < 4.78 is 37.4. The summed E-state index contributed by atoms with van der Waals surface area (Å²) in [6, 6.07) is 16.1. The van der Waals surface area contributed by atoms with Crippen molar-refractivity contribution in [2.24, 2.45) is 0 Å². The fourth-order valence-electron chi connectivity index (χ4n) is 4.21. The molecule has 1 saturated carbocycles. The van der Waals surface area contributed by atoms with Gasteiger partial charge in [0.2, 0.25) is 5.78 Å². The summed E-state index contributed by atoms with van der Waals surface area (Å²) in [6.45, 7) is 1.83. The van der Waals surface area contributed by atoms with E-state index in [9.17, 15) is 13.7 Å². The molecular weight excluding hydrogens is 524 g/mol. The molecule has 0 aliphatic heterocycles. The van der Waals surface area contributed by atoms with Gasteiger partial charge in [-0.25, -0.2) is 9.07 Å². The van der Waals surface area contributed by atoms with Gasteiger partial charge in [-0.3, -0.25) is 9.74 Å². The molecular formula is C28H23F2N5O3S. The van der Waals surface area contributed by atoms with Gasteiger partial charge in [-0.1, -0.05) is 12.1 Å².